The van der Waals surface area contributed by atoms with Crippen LogP contribution in [0.1, 0.15) is 34.4 Å². The van der Waals surface area contributed by atoms with Crippen LogP contribution in [0.3, 0.4) is 0 Å². The number of likely N-dealkylation sites (N-methyl/N-ethyl adjacent to an activating group) is 2. The van der Waals surface area contributed by atoms with Crippen molar-refractivity contribution < 1.29 is 23.2 Å². The molecule has 260 valence electrons. The van der Waals surface area contributed by atoms with Gasteiger partial charge < -0.3 is 28.1 Å². The zero-order chi connectivity index (χ0) is 34.7. The van der Waals surface area contributed by atoms with Crippen LogP contribution in [0.5, 0.6) is 0 Å². The van der Waals surface area contributed by atoms with Gasteiger partial charge in [0, 0.05) is 31.6 Å². The molecular weight excluding hydrogens is 651 g/mol. The molecule has 0 fully saturated rings. The van der Waals surface area contributed by atoms with Gasteiger partial charge in [-0.1, -0.05) is 0 Å². The van der Waals surface area contributed by atoms with Crippen LogP contribution in [0.25, 0.3) is 0 Å². The molecule has 47 heavy (non-hydrogen) atoms. The molecule has 0 spiro atoms. The van der Waals surface area contributed by atoms with E-state index in [-0.39, 0.29) is 0 Å². The number of nitriles is 2. The first kappa shape index (κ1) is 41.0. The van der Waals surface area contributed by atoms with Crippen LogP contribution in [-0.4, -0.2) is 128 Å². The predicted octanol–water partition coefficient (Wildman–Crippen LogP) is 6.17. The highest BCUT2D eigenvalue weighted by atomic mass is 32.1. The Morgan fingerprint density at radius 1 is 0.766 bits per heavy atom. The number of azo groups is 1. The Labute approximate surface area is 297 Å². The molecule has 0 aliphatic carbocycles. The second-order valence-corrected chi connectivity index (χ2v) is 14.8. The first-order chi connectivity index (χ1) is 22.5. The van der Waals surface area contributed by atoms with E-state index >= 15 is 0 Å². The van der Waals surface area contributed by atoms with Crippen molar-refractivity contribution in [3.8, 4) is 12.1 Å². The van der Waals surface area contributed by atoms with E-state index in [2.05, 4.69) is 86.8 Å². The standard InChI is InChI=1S/C34H53N7O3S3/c1-28-25-30(9-10-32(28)37-38-34-31(26-35)29(2)33(27-36)47-34)39(11-17-42-19-15-40(3,4)13-7-23-45)12-18-43-21-22-44-20-16-41(5,6)14-8-24-46/h9-10,25H,7-8,11-24H2,1-6H3/p+2. The lowest BCUT2D eigenvalue weighted by Gasteiger charge is -2.30. The zero-order valence-corrected chi connectivity index (χ0v) is 31.8. The van der Waals surface area contributed by atoms with Gasteiger partial charge in [0.1, 0.15) is 30.1 Å². The summed E-state index contributed by atoms with van der Waals surface area (Å²) in [6.45, 7) is 13.0. The molecule has 0 saturated heterocycles. The number of nitrogens with zero attached hydrogens (tertiary/aromatic N) is 7. The number of thiol groups is 2. The fourth-order valence-corrected chi connectivity index (χ4v) is 6.00. The highest BCUT2D eigenvalue weighted by Crippen LogP contribution is 2.36. The Bertz CT molecular complexity index is 1340. The molecule has 13 heteroatoms. The van der Waals surface area contributed by atoms with Crippen molar-refractivity contribution in [3.05, 3.63) is 39.8 Å². The Morgan fingerprint density at radius 2 is 1.32 bits per heavy atom. The molecule has 0 amide bonds. The highest BCUT2D eigenvalue weighted by Gasteiger charge is 2.17. The summed E-state index contributed by atoms with van der Waals surface area (Å²) in [7, 11) is 8.91. The van der Waals surface area contributed by atoms with Gasteiger partial charge in [0.2, 0.25) is 0 Å². The molecular formula is C34H55N7O3S3+2. The molecule has 1 aromatic heterocycles. The molecule has 2 aromatic rings. The lowest BCUT2D eigenvalue weighted by atomic mass is 10.1. The normalized spacial score (nSPS) is 12.0. The van der Waals surface area contributed by atoms with E-state index in [1.54, 1.807) is 6.92 Å². The van der Waals surface area contributed by atoms with Crippen molar-refractivity contribution in [2.75, 3.05) is 124 Å². The molecule has 10 nitrogen and oxygen atoms in total. The van der Waals surface area contributed by atoms with Gasteiger partial charge in [-0.05, 0) is 54.7 Å². The molecule has 0 atom stereocenters. The maximum absolute atomic E-state index is 9.54. The van der Waals surface area contributed by atoms with E-state index in [9.17, 15) is 10.5 Å². The molecule has 0 radical (unpaired) electrons. The lowest BCUT2D eigenvalue weighted by Crippen LogP contribution is -2.43. The maximum Gasteiger partial charge on any atom is 0.158 e. The van der Waals surface area contributed by atoms with Crippen LogP contribution in [-0.2, 0) is 14.2 Å². The zero-order valence-electron chi connectivity index (χ0n) is 29.2. The minimum Gasteiger partial charge on any atom is -0.377 e. The molecule has 0 aliphatic rings. The summed E-state index contributed by atoms with van der Waals surface area (Å²) in [6, 6.07) is 10.3. The number of quaternary nitrogens is 2. The third kappa shape index (κ3) is 15.3. The second-order valence-electron chi connectivity index (χ2n) is 12.9. The molecule has 0 N–H and O–H groups in total. The van der Waals surface area contributed by atoms with Crippen LogP contribution in [0.15, 0.2) is 28.4 Å². The van der Waals surface area contributed by atoms with Gasteiger partial charge >= 0.3 is 0 Å². The van der Waals surface area contributed by atoms with Gasteiger partial charge in [0.15, 0.2) is 5.00 Å². The van der Waals surface area contributed by atoms with E-state index in [0.717, 1.165) is 77.3 Å². The van der Waals surface area contributed by atoms with Crippen LogP contribution >= 0.6 is 36.6 Å². The molecule has 0 saturated carbocycles. The van der Waals surface area contributed by atoms with Crippen molar-refractivity contribution in [1.82, 2.24) is 0 Å². The molecule has 1 heterocycles. The molecule has 0 aliphatic heterocycles. The van der Waals surface area contributed by atoms with Crippen molar-refractivity contribution in [2.45, 2.75) is 26.7 Å². The van der Waals surface area contributed by atoms with Crippen LogP contribution in [0, 0.1) is 36.5 Å². The number of ether oxygens (including phenoxy) is 3. The van der Waals surface area contributed by atoms with Crippen molar-refractivity contribution >= 4 is 53.0 Å². The summed E-state index contributed by atoms with van der Waals surface area (Å²) in [5.74, 6) is 1.81. The summed E-state index contributed by atoms with van der Waals surface area (Å²) >= 11 is 9.86. The van der Waals surface area contributed by atoms with Crippen LogP contribution < -0.4 is 4.90 Å². The van der Waals surface area contributed by atoms with Gasteiger partial charge in [0.25, 0.3) is 0 Å². The first-order valence-electron chi connectivity index (χ1n) is 16.3. The quantitative estimate of drug-likeness (QED) is 0.0586. The number of benzene rings is 1. The van der Waals surface area contributed by atoms with Gasteiger partial charge in [-0.3, -0.25) is 0 Å². The molecule has 1 aromatic carbocycles. The molecule has 0 bridgehead atoms. The summed E-state index contributed by atoms with van der Waals surface area (Å²) in [6.07, 6.45) is 2.19. The number of anilines is 1. The predicted molar refractivity (Wildman–Crippen MR) is 199 cm³/mol. The Morgan fingerprint density at radius 3 is 1.83 bits per heavy atom. The number of hydrogen-bond acceptors (Lipinski definition) is 11. The topological polar surface area (TPSA) is 103 Å². The number of thiophene rings is 1. The van der Waals surface area contributed by atoms with Crippen molar-refractivity contribution in [3.63, 3.8) is 0 Å². The second kappa shape index (κ2) is 21.7. The van der Waals surface area contributed by atoms with E-state index in [0.29, 0.717) is 72.9 Å². The Kier molecular flexibility index (Phi) is 18.9. The van der Waals surface area contributed by atoms with Crippen LogP contribution in [0.4, 0.5) is 16.4 Å². The SMILES string of the molecule is Cc1cc(N(CCOCCOCC[N+](C)(C)CCCS)CCOCC[N+](C)(C)CCCS)ccc1N=Nc1sc(C#N)c(C)c1C#N. The maximum atomic E-state index is 9.54. The fourth-order valence-electron chi connectivity index (χ4n) is 4.84. The Hall–Kier alpha value is -2.20. The minimum absolute atomic E-state index is 0.400. The van der Waals surface area contributed by atoms with E-state index < -0.39 is 0 Å². The van der Waals surface area contributed by atoms with Gasteiger partial charge in [0.05, 0.1) is 92.2 Å². The third-order valence-electron chi connectivity index (χ3n) is 8.04. The van der Waals surface area contributed by atoms with Crippen molar-refractivity contribution in [1.29, 1.82) is 10.5 Å². The minimum atomic E-state index is 0.400. The number of hydrogen-bond donors (Lipinski definition) is 2. The lowest BCUT2D eigenvalue weighted by molar-refractivity contribution is -0.890. The average molecular weight is 706 g/mol. The smallest absolute Gasteiger partial charge is 0.158 e. The Balaban J connectivity index is 1.99. The van der Waals surface area contributed by atoms with Gasteiger partial charge in [-0.15, -0.1) is 21.6 Å². The number of aryl methyl sites for hydroxylation is 1. The van der Waals surface area contributed by atoms with Gasteiger partial charge in [-0.2, -0.15) is 35.8 Å². The monoisotopic (exact) mass is 705 g/mol. The summed E-state index contributed by atoms with van der Waals surface area (Å²) in [5.41, 5.74) is 3.76. The van der Waals surface area contributed by atoms with Crippen molar-refractivity contribution in [2.24, 2.45) is 10.2 Å². The van der Waals surface area contributed by atoms with E-state index in [4.69, 9.17) is 14.2 Å². The number of rotatable bonds is 24. The van der Waals surface area contributed by atoms with E-state index in [1.807, 2.05) is 19.1 Å². The molecule has 0 unspecified atom stereocenters. The summed E-state index contributed by atoms with van der Waals surface area (Å²) < 4.78 is 19.7. The summed E-state index contributed by atoms with van der Waals surface area (Å²) in [4.78, 5) is 2.75. The average Bonchev–Trinajstić information content (AvgIpc) is 3.36. The third-order valence-corrected chi connectivity index (χ3v) is 9.76. The largest absolute Gasteiger partial charge is 0.377 e. The highest BCUT2D eigenvalue weighted by molar-refractivity contribution is 7.80. The first-order valence-corrected chi connectivity index (χ1v) is 18.3. The van der Waals surface area contributed by atoms with E-state index in [1.165, 1.54) is 11.3 Å². The summed E-state index contributed by atoms with van der Waals surface area (Å²) in [5, 5.41) is 28.1. The van der Waals surface area contributed by atoms with Gasteiger partial charge in [-0.25, -0.2) is 0 Å². The van der Waals surface area contributed by atoms with Crippen LogP contribution in [0.2, 0.25) is 0 Å². The fraction of sp³-hybridized carbons (Fsp3) is 0.647. The molecule has 2 rings (SSSR count).